The Kier molecular flexibility index (Phi) is 4.42. The predicted octanol–water partition coefficient (Wildman–Crippen LogP) is 4.38. The lowest BCUT2D eigenvalue weighted by Crippen LogP contribution is -2.43. The Morgan fingerprint density at radius 3 is 2.82 bits per heavy atom. The standard InChI is InChI=1S/C15H18BrN3OS2/c1-15(2,3)19-5-4-11-12(6-19)22-14(17-11)18-13(20)9-7-21-8-10(9)16/h7-8H,4-6H2,1-3H3,(H,17,18,20). The second-order valence-electron chi connectivity index (χ2n) is 6.32. The highest BCUT2D eigenvalue weighted by Gasteiger charge is 2.28. The van der Waals surface area contributed by atoms with Gasteiger partial charge in [0.2, 0.25) is 0 Å². The fourth-order valence-corrected chi connectivity index (χ4v) is 4.90. The Bertz CT molecular complexity index is 702. The van der Waals surface area contributed by atoms with Gasteiger partial charge in [-0.25, -0.2) is 4.98 Å². The summed E-state index contributed by atoms with van der Waals surface area (Å²) in [7, 11) is 0. The molecule has 0 atom stereocenters. The molecule has 0 spiro atoms. The van der Waals surface area contributed by atoms with Crippen molar-refractivity contribution in [1.82, 2.24) is 9.88 Å². The summed E-state index contributed by atoms with van der Waals surface area (Å²) in [5, 5.41) is 7.37. The molecule has 1 aliphatic heterocycles. The van der Waals surface area contributed by atoms with Gasteiger partial charge < -0.3 is 0 Å². The summed E-state index contributed by atoms with van der Waals surface area (Å²) >= 11 is 6.49. The molecule has 0 bridgehead atoms. The van der Waals surface area contributed by atoms with Crippen molar-refractivity contribution in [2.45, 2.75) is 39.3 Å². The van der Waals surface area contributed by atoms with Gasteiger partial charge >= 0.3 is 0 Å². The molecule has 0 fully saturated rings. The number of hydrogen-bond acceptors (Lipinski definition) is 5. The molecule has 118 valence electrons. The van der Waals surface area contributed by atoms with E-state index in [1.807, 2.05) is 10.8 Å². The molecule has 0 saturated heterocycles. The Hall–Kier alpha value is -0.760. The predicted molar refractivity (Wildman–Crippen MR) is 96.0 cm³/mol. The monoisotopic (exact) mass is 399 g/mol. The smallest absolute Gasteiger partial charge is 0.259 e. The Morgan fingerprint density at radius 2 is 2.18 bits per heavy atom. The number of carbonyl (C=O) groups excluding carboxylic acids is 1. The molecule has 3 rings (SSSR count). The van der Waals surface area contributed by atoms with Crippen LogP contribution in [0.1, 0.15) is 41.7 Å². The second kappa shape index (κ2) is 6.03. The summed E-state index contributed by atoms with van der Waals surface area (Å²) in [5.74, 6) is -0.105. The van der Waals surface area contributed by atoms with Gasteiger partial charge in [-0.05, 0) is 36.7 Å². The third kappa shape index (κ3) is 3.27. The molecule has 3 heterocycles. The molecule has 0 radical (unpaired) electrons. The molecule has 0 aliphatic carbocycles. The number of nitrogens with one attached hydrogen (secondary N) is 1. The number of carbonyl (C=O) groups is 1. The molecule has 4 nitrogen and oxygen atoms in total. The molecule has 1 N–H and O–H groups in total. The van der Waals surface area contributed by atoms with Crippen molar-refractivity contribution < 1.29 is 4.79 Å². The number of fused-ring (bicyclic) bond motifs is 1. The first kappa shape index (κ1) is 16.1. The molecule has 1 aliphatic rings. The maximum absolute atomic E-state index is 12.3. The van der Waals surface area contributed by atoms with Gasteiger partial charge in [0.1, 0.15) is 0 Å². The first-order valence-electron chi connectivity index (χ1n) is 7.11. The highest BCUT2D eigenvalue weighted by atomic mass is 79.9. The number of thiazole rings is 1. The van der Waals surface area contributed by atoms with Crippen molar-refractivity contribution in [2.24, 2.45) is 0 Å². The topological polar surface area (TPSA) is 45.2 Å². The molecule has 2 aromatic rings. The van der Waals surface area contributed by atoms with Crippen molar-refractivity contribution in [3.8, 4) is 0 Å². The van der Waals surface area contributed by atoms with Crippen molar-refractivity contribution in [3.63, 3.8) is 0 Å². The maximum atomic E-state index is 12.3. The van der Waals surface area contributed by atoms with Gasteiger partial charge in [0.05, 0.1) is 11.3 Å². The van der Waals surface area contributed by atoms with Gasteiger partial charge in [-0.15, -0.1) is 11.3 Å². The van der Waals surface area contributed by atoms with Crippen molar-refractivity contribution in [3.05, 3.63) is 31.4 Å². The number of rotatable bonds is 2. The molecule has 0 saturated carbocycles. The molecule has 2 aromatic heterocycles. The number of hydrogen-bond donors (Lipinski definition) is 1. The first-order chi connectivity index (χ1) is 10.3. The van der Waals surface area contributed by atoms with Crippen LogP contribution in [0.25, 0.3) is 0 Å². The summed E-state index contributed by atoms with van der Waals surface area (Å²) in [6, 6.07) is 0. The minimum Gasteiger partial charge on any atom is -0.298 e. The Labute approximate surface area is 146 Å². The van der Waals surface area contributed by atoms with E-state index in [0.29, 0.717) is 10.7 Å². The van der Waals surface area contributed by atoms with Crippen LogP contribution in [0.5, 0.6) is 0 Å². The van der Waals surface area contributed by atoms with E-state index in [1.165, 1.54) is 16.2 Å². The summed E-state index contributed by atoms with van der Waals surface area (Å²) in [6.45, 7) is 8.62. The number of nitrogens with zero attached hydrogens (tertiary/aromatic N) is 2. The zero-order chi connectivity index (χ0) is 15.9. The van der Waals surface area contributed by atoms with E-state index in [9.17, 15) is 4.79 Å². The molecule has 0 unspecified atom stereocenters. The fraction of sp³-hybridized carbons (Fsp3) is 0.467. The van der Waals surface area contributed by atoms with Gasteiger partial charge in [0.25, 0.3) is 5.91 Å². The minimum absolute atomic E-state index is 0.105. The van der Waals surface area contributed by atoms with E-state index in [0.717, 1.165) is 29.7 Å². The van der Waals surface area contributed by atoms with E-state index in [2.05, 4.69) is 51.9 Å². The van der Waals surface area contributed by atoms with Crippen LogP contribution in [-0.4, -0.2) is 27.9 Å². The zero-order valence-electron chi connectivity index (χ0n) is 12.8. The Morgan fingerprint density at radius 1 is 1.41 bits per heavy atom. The van der Waals surface area contributed by atoms with E-state index < -0.39 is 0 Å². The lowest BCUT2D eigenvalue weighted by atomic mass is 10.0. The summed E-state index contributed by atoms with van der Waals surface area (Å²) in [6.07, 6.45) is 0.946. The fourth-order valence-electron chi connectivity index (χ4n) is 2.43. The van der Waals surface area contributed by atoms with Gasteiger partial charge in [0.15, 0.2) is 5.13 Å². The third-order valence-corrected chi connectivity index (χ3v) is 6.46. The highest BCUT2D eigenvalue weighted by molar-refractivity contribution is 9.10. The van der Waals surface area contributed by atoms with Crippen LogP contribution >= 0.6 is 38.6 Å². The lowest BCUT2D eigenvalue weighted by Gasteiger charge is -2.37. The van der Waals surface area contributed by atoms with Gasteiger partial charge in [-0.1, -0.05) is 0 Å². The summed E-state index contributed by atoms with van der Waals surface area (Å²) < 4.78 is 0.829. The SMILES string of the molecule is CC(C)(C)N1CCc2nc(NC(=O)c3cscc3Br)sc2C1. The van der Waals surface area contributed by atoms with Crippen LogP contribution in [0.3, 0.4) is 0 Å². The second-order valence-corrected chi connectivity index (χ2v) is 9.00. The first-order valence-corrected chi connectivity index (χ1v) is 9.66. The maximum Gasteiger partial charge on any atom is 0.259 e. The average Bonchev–Trinajstić information content (AvgIpc) is 3.01. The molecular formula is C15H18BrN3OS2. The summed E-state index contributed by atoms with van der Waals surface area (Å²) in [5.41, 5.74) is 1.95. The highest BCUT2D eigenvalue weighted by Crippen LogP contribution is 2.32. The van der Waals surface area contributed by atoms with Crippen LogP contribution in [0.2, 0.25) is 0 Å². The molecule has 7 heteroatoms. The van der Waals surface area contributed by atoms with E-state index >= 15 is 0 Å². The van der Waals surface area contributed by atoms with Crippen LogP contribution in [0.4, 0.5) is 5.13 Å². The quantitative estimate of drug-likeness (QED) is 0.814. The minimum atomic E-state index is -0.105. The van der Waals surface area contributed by atoms with Crippen molar-refractivity contribution >= 4 is 49.6 Å². The number of anilines is 1. The Balaban J connectivity index is 1.75. The largest absolute Gasteiger partial charge is 0.298 e. The van der Waals surface area contributed by atoms with E-state index in [-0.39, 0.29) is 11.4 Å². The molecule has 0 aromatic carbocycles. The third-order valence-electron chi connectivity index (χ3n) is 3.76. The van der Waals surface area contributed by atoms with Crippen LogP contribution < -0.4 is 5.32 Å². The van der Waals surface area contributed by atoms with E-state index in [1.54, 1.807) is 11.3 Å². The average molecular weight is 400 g/mol. The van der Waals surface area contributed by atoms with Crippen LogP contribution in [0.15, 0.2) is 15.2 Å². The molecule has 1 amide bonds. The number of thiophene rings is 1. The zero-order valence-corrected chi connectivity index (χ0v) is 16.0. The van der Waals surface area contributed by atoms with Crippen molar-refractivity contribution in [2.75, 3.05) is 11.9 Å². The number of aromatic nitrogens is 1. The summed E-state index contributed by atoms with van der Waals surface area (Å²) in [4.78, 5) is 20.6. The van der Waals surface area contributed by atoms with E-state index in [4.69, 9.17) is 0 Å². The van der Waals surface area contributed by atoms with Crippen molar-refractivity contribution in [1.29, 1.82) is 0 Å². The normalized spacial score (nSPS) is 15.6. The number of amides is 1. The molecule has 22 heavy (non-hydrogen) atoms. The lowest BCUT2D eigenvalue weighted by molar-refractivity contribution is 0.102. The van der Waals surface area contributed by atoms with Gasteiger partial charge in [-0.3, -0.25) is 15.0 Å². The van der Waals surface area contributed by atoms with Crippen LogP contribution in [0, 0.1) is 0 Å². The van der Waals surface area contributed by atoms with Gasteiger partial charge in [-0.2, -0.15) is 11.3 Å². The molecular weight excluding hydrogens is 382 g/mol. The number of halogens is 1. The van der Waals surface area contributed by atoms with Crippen LogP contribution in [-0.2, 0) is 13.0 Å². The van der Waals surface area contributed by atoms with Gasteiger partial charge in [0, 0.05) is 45.2 Å².